The maximum atomic E-state index is 11.5. The van der Waals surface area contributed by atoms with Crippen LogP contribution in [0.2, 0.25) is 0 Å². The zero-order valence-electron chi connectivity index (χ0n) is 11.5. The van der Waals surface area contributed by atoms with E-state index in [0.717, 1.165) is 5.56 Å². The molecule has 5 heteroatoms. The average Bonchev–Trinajstić information content (AvgIpc) is 2.45. The average molecular weight is 266 g/mol. The Labute approximate surface area is 114 Å². The first-order valence-electron chi connectivity index (χ1n) is 6.45. The Hall–Kier alpha value is -1.59. The fourth-order valence-electron chi connectivity index (χ4n) is 1.63. The van der Waals surface area contributed by atoms with E-state index in [0.29, 0.717) is 26.3 Å². The van der Waals surface area contributed by atoms with Gasteiger partial charge in [0, 0.05) is 26.8 Å². The zero-order valence-corrected chi connectivity index (χ0v) is 11.5. The minimum atomic E-state index is -0.210. The molecular formula is C14H22N2O3. The second-order valence-corrected chi connectivity index (χ2v) is 3.97. The largest absolute Gasteiger partial charge is 0.380 e. The molecule has 0 aromatic heterocycles. The molecule has 0 saturated heterocycles. The third kappa shape index (κ3) is 6.22. The van der Waals surface area contributed by atoms with Crippen molar-refractivity contribution in [3.63, 3.8) is 0 Å². The molecule has 1 rings (SSSR count). The highest BCUT2D eigenvalue weighted by atomic mass is 16.5. The van der Waals surface area contributed by atoms with E-state index in [1.54, 1.807) is 7.11 Å². The molecule has 0 aliphatic heterocycles. The summed E-state index contributed by atoms with van der Waals surface area (Å²) in [6.07, 6.45) is -0.140. The molecule has 106 valence electrons. The number of nitrogens with one attached hydrogen (secondary N) is 2. The minimum absolute atomic E-state index is 0.140. The van der Waals surface area contributed by atoms with Gasteiger partial charge in [-0.25, -0.2) is 4.79 Å². The van der Waals surface area contributed by atoms with Crippen LogP contribution in [-0.4, -0.2) is 39.4 Å². The fraction of sp³-hybridized carbons (Fsp3) is 0.500. The van der Waals surface area contributed by atoms with Crippen molar-refractivity contribution in [1.29, 1.82) is 0 Å². The molecule has 0 bridgehead atoms. The summed E-state index contributed by atoms with van der Waals surface area (Å²) in [5, 5.41) is 5.50. The molecule has 2 amide bonds. The van der Waals surface area contributed by atoms with Crippen molar-refractivity contribution in [3.05, 3.63) is 35.9 Å². The van der Waals surface area contributed by atoms with Gasteiger partial charge in [-0.2, -0.15) is 0 Å². The molecule has 0 heterocycles. The number of rotatable bonds is 8. The van der Waals surface area contributed by atoms with Crippen LogP contribution in [0.4, 0.5) is 4.79 Å². The monoisotopic (exact) mass is 266 g/mol. The molecule has 1 unspecified atom stereocenters. The van der Waals surface area contributed by atoms with E-state index in [1.165, 1.54) is 0 Å². The molecule has 5 nitrogen and oxygen atoms in total. The van der Waals surface area contributed by atoms with E-state index >= 15 is 0 Å². The second kappa shape index (κ2) is 9.35. The summed E-state index contributed by atoms with van der Waals surface area (Å²) >= 11 is 0. The summed E-state index contributed by atoms with van der Waals surface area (Å²) < 4.78 is 10.5. The van der Waals surface area contributed by atoms with Crippen LogP contribution >= 0.6 is 0 Å². The number of hydrogen-bond acceptors (Lipinski definition) is 3. The van der Waals surface area contributed by atoms with Gasteiger partial charge in [0.1, 0.15) is 0 Å². The number of methoxy groups -OCH3 is 1. The SMILES string of the molecule is CCOCCNC(=O)NCC(OC)c1ccccc1. The van der Waals surface area contributed by atoms with Crippen molar-refractivity contribution >= 4 is 6.03 Å². The van der Waals surface area contributed by atoms with Crippen molar-refractivity contribution < 1.29 is 14.3 Å². The Morgan fingerprint density at radius 2 is 2.00 bits per heavy atom. The van der Waals surface area contributed by atoms with E-state index in [9.17, 15) is 4.79 Å². The maximum Gasteiger partial charge on any atom is 0.314 e. The molecule has 0 aliphatic rings. The lowest BCUT2D eigenvalue weighted by Gasteiger charge is -2.16. The van der Waals surface area contributed by atoms with Crippen molar-refractivity contribution in [3.8, 4) is 0 Å². The van der Waals surface area contributed by atoms with Crippen molar-refractivity contribution in [2.45, 2.75) is 13.0 Å². The first kappa shape index (κ1) is 15.5. The molecule has 2 N–H and O–H groups in total. The third-order valence-electron chi connectivity index (χ3n) is 2.64. The van der Waals surface area contributed by atoms with Crippen LogP contribution in [0.1, 0.15) is 18.6 Å². The summed E-state index contributed by atoms with van der Waals surface area (Å²) in [6.45, 7) is 4.03. The standard InChI is InChI=1S/C14H22N2O3/c1-3-19-10-9-15-14(17)16-11-13(18-2)12-7-5-4-6-8-12/h4-8,13H,3,9-11H2,1-2H3,(H2,15,16,17). The quantitative estimate of drug-likeness (QED) is 0.704. The van der Waals surface area contributed by atoms with Crippen LogP contribution in [0.3, 0.4) is 0 Å². The lowest BCUT2D eigenvalue weighted by atomic mass is 10.1. The number of carbonyl (C=O) groups is 1. The van der Waals surface area contributed by atoms with E-state index in [4.69, 9.17) is 9.47 Å². The number of urea groups is 1. The molecule has 0 aliphatic carbocycles. The number of benzene rings is 1. The van der Waals surface area contributed by atoms with Crippen LogP contribution in [0.5, 0.6) is 0 Å². The van der Waals surface area contributed by atoms with Gasteiger partial charge in [0.2, 0.25) is 0 Å². The van der Waals surface area contributed by atoms with Gasteiger partial charge in [-0.1, -0.05) is 30.3 Å². The third-order valence-corrected chi connectivity index (χ3v) is 2.64. The fourth-order valence-corrected chi connectivity index (χ4v) is 1.63. The Morgan fingerprint density at radius 3 is 2.63 bits per heavy atom. The molecular weight excluding hydrogens is 244 g/mol. The number of amides is 2. The molecule has 19 heavy (non-hydrogen) atoms. The molecule has 0 saturated carbocycles. The van der Waals surface area contributed by atoms with Crippen LogP contribution < -0.4 is 10.6 Å². The van der Waals surface area contributed by atoms with E-state index < -0.39 is 0 Å². The molecule has 0 spiro atoms. The predicted molar refractivity (Wildman–Crippen MR) is 74.1 cm³/mol. The highest BCUT2D eigenvalue weighted by molar-refractivity contribution is 5.73. The Balaban J connectivity index is 2.28. The van der Waals surface area contributed by atoms with Gasteiger partial charge >= 0.3 is 6.03 Å². The maximum absolute atomic E-state index is 11.5. The van der Waals surface area contributed by atoms with Crippen molar-refractivity contribution in [1.82, 2.24) is 10.6 Å². The summed E-state index contributed by atoms with van der Waals surface area (Å²) in [5.74, 6) is 0. The highest BCUT2D eigenvalue weighted by Gasteiger charge is 2.11. The van der Waals surface area contributed by atoms with Crippen molar-refractivity contribution in [2.24, 2.45) is 0 Å². The van der Waals surface area contributed by atoms with E-state index in [-0.39, 0.29) is 12.1 Å². The van der Waals surface area contributed by atoms with E-state index in [1.807, 2.05) is 37.3 Å². The second-order valence-electron chi connectivity index (χ2n) is 3.97. The first-order valence-corrected chi connectivity index (χ1v) is 6.45. The van der Waals surface area contributed by atoms with Crippen LogP contribution in [-0.2, 0) is 9.47 Å². The van der Waals surface area contributed by atoms with Gasteiger partial charge in [-0.05, 0) is 12.5 Å². The summed E-state index contributed by atoms with van der Waals surface area (Å²) in [5.41, 5.74) is 1.04. The smallest absolute Gasteiger partial charge is 0.314 e. The Morgan fingerprint density at radius 1 is 1.26 bits per heavy atom. The number of hydrogen-bond donors (Lipinski definition) is 2. The molecule has 0 fully saturated rings. The van der Waals surface area contributed by atoms with Gasteiger partial charge in [0.05, 0.1) is 12.7 Å². The minimum Gasteiger partial charge on any atom is -0.380 e. The lowest BCUT2D eigenvalue weighted by molar-refractivity contribution is 0.103. The topological polar surface area (TPSA) is 59.6 Å². The normalized spacial score (nSPS) is 11.9. The number of ether oxygens (including phenoxy) is 2. The zero-order chi connectivity index (χ0) is 13.9. The summed E-state index contributed by atoms with van der Waals surface area (Å²) in [4.78, 5) is 11.5. The molecule has 0 radical (unpaired) electrons. The summed E-state index contributed by atoms with van der Waals surface area (Å²) in [7, 11) is 1.63. The summed E-state index contributed by atoms with van der Waals surface area (Å²) in [6, 6.07) is 9.58. The van der Waals surface area contributed by atoms with Crippen LogP contribution in [0.15, 0.2) is 30.3 Å². The lowest BCUT2D eigenvalue weighted by Crippen LogP contribution is -2.39. The van der Waals surface area contributed by atoms with Gasteiger partial charge in [-0.15, -0.1) is 0 Å². The van der Waals surface area contributed by atoms with Gasteiger partial charge in [0.15, 0.2) is 0 Å². The van der Waals surface area contributed by atoms with Gasteiger partial charge in [0.25, 0.3) is 0 Å². The Kier molecular flexibility index (Phi) is 7.62. The predicted octanol–water partition coefficient (Wildman–Crippen LogP) is 1.71. The Bertz CT molecular complexity index is 357. The highest BCUT2D eigenvalue weighted by Crippen LogP contribution is 2.14. The van der Waals surface area contributed by atoms with E-state index in [2.05, 4.69) is 10.6 Å². The van der Waals surface area contributed by atoms with Crippen molar-refractivity contribution in [2.75, 3.05) is 33.4 Å². The molecule has 1 aromatic rings. The van der Waals surface area contributed by atoms with Crippen LogP contribution in [0.25, 0.3) is 0 Å². The van der Waals surface area contributed by atoms with Crippen LogP contribution in [0, 0.1) is 0 Å². The molecule has 1 aromatic carbocycles. The number of carbonyl (C=O) groups excluding carboxylic acids is 1. The van der Waals surface area contributed by atoms with Gasteiger partial charge < -0.3 is 20.1 Å². The first-order chi connectivity index (χ1) is 9.27. The molecule has 1 atom stereocenters. The van der Waals surface area contributed by atoms with Gasteiger partial charge in [-0.3, -0.25) is 0 Å².